The highest BCUT2D eigenvalue weighted by atomic mass is 32.2. The van der Waals surface area contributed by atoms with Crippen LogP contribution in [0.4, 0.5) is 23.2 Å². The summed E-state index contributed by atoms with van der Waals surface area (Å²) in [5.74, 6) is -1.57. The Balaban J connectivity index is 1.26. The first kappa shape index (κ1) is 34.6. The van der Waals surface area contributed by atoms with Gasteiger partial charge in [0.05, 0.1) is 28.5 Å². The van der Waals surface area contributed by atoms with Gasteiger partial charge in [-0.3, -0.25) is 4.79 Å². The van der Waals surface area contributed by atoms with Gasteiger partial charge in [0.1, 0.15) is 24.1 Å². The Kier molecular flexibility index (Phi) is 9.37. The largest absolute Gasteiger partial charge is 0.473 e. The van der Waals surface area contributed by atoms with Crippen LogP contribution in [0.25, 0.3) is 27.1 Å². The molecule has 50 heavy (non-hydrogen) atoms. The predicted octanol–water partition coefficient (Wildman–Crippen LogP) is 7.61. The Morgan fingerprint density at radius 1 is 1.02 bits per heavy atom. The molecule has 1 aliphatic rings. The van der Waals surface area contributed by atoms with Gasteiger partial charge in [0.2, 0.25) is 22.3 Å². The van der Waals surface area contributed by atoms with Crippen LogP contribution in [-0.4, -0.2) is 40.5 Å². The number of carbonyl (C=O) groups excluding carboxylic acids is 1. The summed E-state index contributed by atoms with van der Waals surface area (Å²) in [5.41, 5.74) is 0.626. The summed E-state index contributed by atoms with van der Waals surface area (Å²) in [5, 5.41) is -0.611. The maximum Gasteiger partial charge on any atom is 0.264 e. The van der Waals surface area contributed by atoms with Crippen molar-refractivity contribution in [1.29, 1.82) is 0 Å². The Labute approximate surface area is 285 Å². The molecular formula is C36H31F4N5O4S. The molecule has 0 aliphatic heterocycles. The van der Waals surface area contributed by atoms with E-state index in [2.05, 4.69) is 19.5 Å². The molecule has 0 saturated heterocycles. The summed E-state index contributed by atoms with van der Waals surface area (Å²) in [6.45, 7) is 9.42. The van der Waals surface area contributed by atoms with Crippen LogP contribution in [0.1, 0.15) is 54.0 Å². The molecule has 0 spiro atoms. The van der Waals surface area contributed by atoms with E-state index in [0.29, 0.717) is 35.1 Å². The normalized spacial score (nSPS) is 13.4. The van der Waals surface area contributed by atoms with Crippen molar-refractivity contribution in [2.24, 2.45) is 5.41 Å². The quantitative estimate of drug-likeness (QED) is 0.106. The van der Waals surface area contributed by atoms with Crippen molar-refractivity contribution in [2.45, 2.75) is 57.9 Å². The van der Waals surface area contributed by atoms with E-state index in [4.69, 9.17) is 11.3 Å². The molecule has 2 aromatic heterocycles. The molecule has 14 heteroatoms. The number of alkyl halides is 2. The Bertz CT molecular complexity index is 2260. The molecule has 0 unspecified atom stereocenters. The van der Waals surface area contributed by atoms with Gasteiger partial charge in [-0.15, -0.1) is 0 Å². The zero-order valence-corrected chi connectivity index (χ0v) is 27.8. The number of hydrogen-bond acceptors (Lipinski definition) is 6. The molecule has 258 valence electrons. The zero-order chi connectivity index (χ0) is 35.8. The lowest BCUT2D eigenvalue weighted by molar-refractivity contribution is 0.00858. The number of amides is 1. The summed E-state index contributed by atoms with van der Waals surface area (Å²) in [4.78, 5) is 25.1. The van der Waals surface area contributed by atoms with Crippen LogP contribution in [0.5, 0.6) is 5.88 Å². The molecular weight excluding hydrogens is 674 g/mol. The average Bonchev–Trinajstić information content (AvgIpc) is 3.90. The van der Waals surface area contributed by atoms with Crippen molar-refractivity contribution in [2.75, 3.05) is 0 Å². The second-order valence-electron chi connectivity index (χ2n) is 12.8. The third kappa shape index (κ3) is 7.47. The third-order valence-corrected chi connectivity index (χ3v) is 10.2. The molecule has 0 atom stereocenters. The van der Waals surface area contributed by atoms with E-state index in [0.717, 1.165) is 6.07 Å². The van der Waals surface area contributed by atoms with Gasteiger partial charge < -0.3 is 9.30 Å². The number of halogens is 4. The number of hydrogen-bond donors (Lipinski definition) is 1. The van der Waals surface area contributed by atoms with Gasteiger partial charge in [0.25, 0.3) is 5.91 Å². The maximum absolute atomic E-state index is 15.7. The lowest BCUT2D eigenvalue weighted by Gasteiger charge is -2.25. The number of fused-ring (bicyclic) bond motifs is 1. The van der Waals surface area contributed by atoms with Crippen molar-refractivity contribution < 1.29 is 35.5 Å². The predicted molar refractivity (Wildman–Crippen MR) is 178 cm³/mol. The van der Waals surface area contributed by atoms with Crippen LogP contribution in [0.3, 0.4) is 0 Å². The molecule has 0 bridgehead atoms. The monoisotopic (exact) mass is 705 g/mol. The number of carbonyl (C=O) groups is 1. The Morgan fingerprint density at radius 2 is 1.76 bits per heavy atom. The first-order chi connectivity index (χ1) is 23.7. The minimum Gasteiger partial charge on any atom is -0.473 e. The molecule has 1 fully saturated rings. The highest BCUT2D eigenvalue weighted by molar-refractivity contribution is 7.91. The van der Waals surface area contributed by atoms with Crippen LogP contribution >= 0.6 is 0 Å². The van der Waals surface area contributed by atoms with Gasteiger partial charge in [-0.05, 0) is 54.8 Å². The lowest BCUT2D eigenvalue weighted by atomic mass is 9.94. The molecule has 9 nitrogen and oxygen atoms in total. The van der Waals surface area contributed by atoms with Crippen LogP contribution in [0.15, 0.2) is 72.8 Å². The minimum atomic E-state index is -3.82. The SMILES string of the molecule is [C-]#[N+]c1ccc(COc2cccc(-c3ccc(Cc4nc5ccc(C(=O)NS(=O)(=O)C6CC6)cc5n4CC(C)(C)C(F)F)c(F)c3)n2)c(F)c1. The number of aromatic nitrogens is 3. The molecule has 1 aliphatic carbocycles. The summed E-state index contributed by atoms with van der Waals surface area (Å²) in [6, 6.07) is 17.7. The van der Waals surface area contributed by atoms with Crippen molar-refractivity contribution >= 4 is 32.7 Å². The Hall–Kier alpha value is -5.29. The first-order valence-electron chi connectivity index (χ1n) is 15.6. The van der Waals surface area contributed by atoms with E-state index < -0.39 is 44.7 Å². The van der Waals surface area contributed by atoms with E-state index in [9.17, 15) is 26.4 Å². The number of sulfonamides is 1. The molecule has 3 aromatic carbocycles. The van der Waals surface area contributed by atoms with Gasteiger partial charge >= 0.3 is 0 Å². The second kappa shape index (κ2) is 13.5. The molecule has 0 radical (unpaired) electrons. The lowest BCUT2D eigenvalue weighted by Crippen LogP contribution is -2.33. The third-order valence-electron chi connectivity index (χ3n) is 8.41. The van der Waals surface area contributed by atoms with Gasteiger partial charge in [0, 0.05) is 41.1 Å². The Morgan fingerprint density at radius 3 is 2.44 bits per heavy atom. The van der Waals surface area contributed by atoms with E-state index >= 15 is 4.39 Å². The zero-order valence-electron chi connectivity index (χ0n) is 27.0. The number of imidazole rings is 1. The number of benzene rings is 3. The number of nitrogens with zero attached hydrogens (tertiary/aromatic N) is 4. The number of pyridine rings is 1. The topological polar surface area (TPSA) is 108 Å². The van der Waals surface area contributed by atoms with Crippen molar-refractivity contribution in [3.63, 3.8) is 0 Å². The van der Waals surface area contributed by atoms with Gasteiger partial charge in [0.15, 0.2) is 5.69 Å². The van der Waals surface area contributed by atoms with Crippen LogP contribution in [-0.2, 0) is 29.6 Å². The number of ether oxygens (including phenoxy) is 1. The summed E-state index contributed by atoms with van der Waals surface area (Å²) in [6.07, 6.45) is -1.85. The fourth-order valence-corrected chi connectivity index (χ4v) is 6.60. The number of nitrogens with one attached hydrogen (secondary N) is 1. The van der Waals surface area contributed by atoms with E-state index in [1.807, 2.05) is 0 Å². The van der Waals surface area contributed by atoms with Crippen LogP contribution < -0.4 is 9.46 Å². The van der Waals surface area contributed by atoms with E-state index in [1.54, 1.807) is 24.3 Å². The summed E-state index contributed by atoms with van der Waals surface area (Å²) < 4.78 is 92.0. The molecule has 1 saturated carbocycles. The average molecular weight is 706 g/mol. The second-order valence-corrected chi connectivity index (χ2v) is 14.8. The molecule has 2 heterocycles. The van der Waals surface area contributed by atoms with Crippen molar-refractivity contribution in [3.05, 3.63) is 118 Å². The van der Waals surface area contributed by atoms with E-state index in [-0.39, 0.29) is 53.7 Å². The van der Waals surface area contributed by atoms with Gasteiger partial charge in [-0.1, -0.05) is 44.2 Å². The van der Waals surface area contributed by atoms with Crippen LogP contribution in [0, 0.1) is 23.6 Å². The van der Waals surface area contributed by atoms with Gasteiger partial charge in [-0.2, -0.15) is 0 Å². The molecule has 1 amide bonds. The fourth-order valence-electron chi connectivity index (χ4n) is 5.30. The summed E-state index contributed by atoms with van der Waals surface area (Å²) >= 11 is 0. The maximum atomic E-state index is 15.7. The van der Waals surface area contributed by atoms with Gasteiger partial charge in [-0.25, -0.2) is 45.5 Å². The first-order valence-corrected chi connectivity index (χ1v) is 17.2. The molecule has 6 rings (SSSR count). The number of rotatable bonds is 12. The minimum absolute atomic E-state index is 0.0154. The molecule has 5 aromatic rings. The summed E-state index contributed by atoms with van der Waals surface area (Å²) in [7, 11) is -3.82. The molecule has 1 N–H and O–H groups in total. The highest BCUT2D eigenvalue weighted by Crippen LogP contribution is 2.32. The van der Waals surface area contributed by atoms with E-state index in [1.165, 1.54) is 60.9 Å². The standard InChI is InChI=1S/C36H31F4N5O4S/c1-36(2,35(39)40)20-45-31-16-23(34(46)44-50(47,48)26-12-13-26)10-14-30(31)42-32(45)17-21-7-8-22(15-27(21)37)29-5-4-6-33(43-29)49-19-24-9-11-25(41-3)18-28(24)38/h4-11,14-16,18,26,35H,12-13,17,19-20H2,1-2H3,(H,44,46). The van der Waals surface area contributed by atoms with Crippen molar-refractivity contribution in [1.82, 2.24) is 19.3 Å². The fraction of sp³-hybridized carbons (Fsp3) is 0.278. The smallest absolute Gasteiger partial charge is 0.264 e. The highest BCUT2D eigenvalue weighted by Gasteiger charge is 2.37. The van der Waals surface area contributed by atoms with Crippen LogP contribution in [0.2, 0.25) is 0 Å². The van der Waals surface area contributed by atoms with Crippen molar-refractivity contribution in [3.8, 4) is 17.1 Å².